The first-order valence-electron chi connectivity index (χ1n) is 8.15. The summed E-state index contributed by atoms with van der Waals surface area (Å²) in [6, 6.07) is 15.7. The highest BCUT2D eigenvalue weighted by Gasteiger charge is 2.20. The van der Waals surface area contributed by atoms with Gasteiger partial charge in [-0.3, -0.25) is 4.79 Å². The normalized spacial score (nSPS) is 12.0. The molecule has 122 valence electrons. The predicted molar refractivity (Wildman–Crippen MR) is 95.0 cm³/mol. The Balaban J connectivity index is 2.14. The van der Waals surface area contributed by atoms with Crippen LogP contribution in [0, 0.1) is 6.92 Å². The molecule has 0 aliphatic heterocycles. The number of carbonyl (C=O) groups excluding carboxylic acids is 1. The van der Waals surface area contributed by atoms with E-state index in [0.29, 0.717) is 12.3 Å². The van der Waals surface area contributed by atoms with Crippen molar-refractivity contribution in [3.63, 3.8) is 0 Å². The number of hydrogen-bond acceptors (Lipinski definition) is 2. The number of amides is 1. The zero-order valence-corrected chi connectivity index (χ0v) is 14.3. The van der Waals surface area contributed by atoms with Gasteiger partial charge in [0, 0.05) is 5.69 Å². The molecule has 2 rings (SSSR count). The van der Waals surface area contributed by atoms with E-state index in [2.05, 4.69) is 19.2 Å². The second-order valence-corrected chi connectivity index (χ2v) is 6.01. The van der Waals surface area contributed by atoms with E-state index in [1.165, 1.54) is 0 Å². The van der Waals surface area contributed by atoms with E-state index in [1.807, 2.05) is 62.4 Å². The zero-order valence-electron chi connectivity index (χ0n) is 14.3. The van der Waals surface area contributed by atoms with Crippen molar-refractivity contribution in [2.24, 2.45) is 0 Å². The van der Waals surface area contributed by atoms with Crippen LogP contribution in [-0.4, -0.2) is 12.0 Å². The first-order valence-corrected chi connectivity index (χ1v) is 8.15. The van der Waals surface area contributed by atoms with Crippen molar-refractivity contribution in [1.82, 2.24) is 0 Å². The molecule has 0 saturated carbocycles. The van der Waals surface area contributed by atoms with Crippen molar-refractivity contribution in [1.29, 1.82) is 0 Å². The van der Waals surface area contributed by atoms with Crippen LogP contribution < -0.4 is 10.1 Å². The molecule has 23 heavy (non-hydrogen) atoms. The summed E-state index contributed by atoms with van der Waals surface area (Å²) in [5, 5.41) is 3.02. The molecule has 2 aromatic carbocycles. The fourth-order valence-corrected chi connectivity index (χ4v) is 2.49. The number of carbonyl (C=O) groups is 1. The third kappa shape index (κ3) is 4.35. The van der Waals surface area contributed by atoms with E-state index in [0.717, 1.165) is 22.6 Å². The van der Waals surface area contributed by atoms with Crippen molar-refractivity contribution in [2.75, 3.05) is 5.32 Å². The molecule has 1 amide bonds. The standard InChI is InChI=1S/C20H25NO2/c1-5-18(23-19-13-9-6-10-15(19)4)20(22)21-17-12-8-7-11-16(17)14(2)3/h6-14,18H,5H2,1-4H3,(H,21,22)/t18-/m0/s1. The summed E-state index contributed by atoms with van der Waals surface area (Å²) < 4.78 is 5.92. The molecule has 0 saturated heterocycles. The van der Waals surface area contributed by atoms with Crippen LogP contribution in [0.15, 0.2) is 48.5 Å². The van der Waals surface area contributed by atoms with Gasteiger partial charge in [0.05, 0.1) is 0 Å². The molecule has 0 spiro atoms. The van der Waals surface area contributed by atoms with Gasteiger partial charge in [-0.1, -0.05) is 57.2 Å². The van der Waals surface area contributed by atoms with Gasteiger partial charge in [0.1, 0.15) is 5.75 Å². The molecule has 0 radical (unpaired) electrons. The van der Waals surface area contributed by atoms with Crippen molar-refractivity contribution in [2.45, 2.75) is 46.1 Å². The van der Waals surface area contributed by atoms with Crippen LogP contribution in [0.2, 0.25) is 0 Å². The third-order valence-corrected chi connectivity index (χ3v) is 3.87. The molecule has 2 aromatic rings. The predicted octanol–water partition coefficient (Wildman–Crippen LogP) is 4.91. The van der Waals surface area contributed by atoms with Gasteiger partial charge in [0.15, 0.2) is 6.10 Å². The fourth-order valence-electron chi connectivity index (χ4n) is 2.49. The Morgan fingerprint density at radius 3 is 2.39 bits per heavy atom. The average molecular weight is 311 g/mol. The Labute approximate surface area is 138 Å². The lowest BCUT2D eigenvalue weighted by molar-refractivity contribution is -0.122. The lowest BCUT2D eigenvalue weighted by Crippen LogP contribution is -2.32. The van der Waals surface area contributed by atoms with Gasteiger partial charge in [0.25, 0.3) is 5.91 Å². The van der Waals surface area contributed by atoms with Gasteiger partial charge in [-0.25, -0.2) is 0 Å². The molecule has 0 aromatic heterocycles. The number of anilines is 1. The maximum atomic E-state index is 12.6. The minimum Gasteiger partial charge on any atom is -0.480 e. The average Bonchev–Trinajstić information content (AvgIpc) is 2.54. The van der Waals surface area contributed by atoms with Gasteiger partial charge in [-0.15, -0.1) is 0 Å². The van der Waals surface area contributed by atoms with Gasteiger partial charge in [-0.2, -0.15) is 0 Å². The highest BCUT2D eigenvalue weighted by atomic mass is 16.5. The Kier molecular flexibility index (Phi) is 5.80. The van der Waals surface area contributed by atoms with Crippen LogP contribution in [0.4, 0.5) is 5.69 Å². The van der Waals surface area contributed by atoms with Gasteiger partial charge < -0.3 is 10.1 Å². The monoisotopic (exact) mass is 311 g/mol. The number of hydrogen-bond donors (Lipinski definition) is 1. The summed E-state index contributed by atoms with van der Waals surface area (Å²) in [4.78, 5) is 12.6. The Morgan fingerprint density at radius 1 is 1.09 bits per heavy atom. The topological polar surface area (TPSA) is 38.3 Å². The maximum Gasteiger partial charge on any atom is 0.265 e. The number of nitrogens with one attached hydrogen (secondary N) is 1. The summed E-state index contributed by atoms with van der Waals surface area (Å²) in [6.07, 6.45) is 0.112. The molecule has 1 N–H and O–H groups in total. The smallest absolute Gasteiger partial charge is 0.265 e. The van der Waals surface area contributed by atoms with Crippen molar-refractivity contribution in [3.8, 4) is 5.75 Å². The molecular formula is C20H25NO2. The summed E-state index contributed by atoms with van der Waals surface area (Å²) in [5.74, 6) is 0.999. The molecule has 3 nitrogen and oxygen atoms in total. The van der Waals surface area contributed by atoms with Gasteiger partial charge in [-0.05, 0) is 42.5 Å². The molecule has 0 fully saturated rings. The molecule has 0 bridgehead atoms. The van der Waals surface area contributed by atoms with E-state index in [1.54, 1.807) is 0 Å². The minimum absolute atomic E-state index is 0.108. The Hall–Kier alpha value is -2.29. The quantitative estimate of drug-likeness (QED) is 0.822. The van der Waals surface area contributed by atoms with E-state index in [9.17, 15) is 4.79 Å². The second kappa shape index (κ2) is 7.82. The van der Waals surface area contributed by atoms with E-state index >= 15 is 0 Å². The van der Waals surface area contributed by atoms with Crippen molar-refractivity contribution >= 4 is 11.6 Å². The molecule has 0 aliphatic carbocycles. The number of benzene rings is 2. The largest absolute Gasteiger partial charge is 0.480 e. The third-order valence-electron chi connectivity index (χ3n) is 3.87. The Morgan fingerprint density at radius 2 is 1.74 bits per heavy atom. The van der Waals surface area contributed by atoms with E-state index in [-0.39, 0.29) is 5.91 Å². The van der Waals surface area contributed by atoms with Gasteiger partial charge in [0.2, 0.25) is 0 Å². The number of ether oxygens (including phenoxy) is 1. The van der Waals surface area contributed by atoms with Gasteiger partial charge >= 0.3 is 0 Å². The summed E-state index contributed by atoms with van der Waals surface area (Å²) >= 11 is 0. The van der Waals surface area contributed by atoms with E-state index in [4.69, 9.17) is 4.74 Å². The number of para-hydroxylation sites is 2. The SMILES string of the molecule is CC[C@H](Oc1ccccc1C)C(=O)Nc1ccccc1C(C)C. The summed E-state index contributed by atoms with van der Waals surface area (Å²) in [6.45, 7) is 8.17. The van der Waals surface area contributed by atoms with Crippen LogP contribution in [0.25, 0.3) is 0 Å². The number of aryl methyl sites for hydroxylation is 1. The summed E-state index contributed by atoms with van der Waals surface area (Å²) in [7, 11) is 0. The second-order valence-electron chi connectivity index (χ2n) is 6.01. The Bertz CT molecular complexity index is 664. The van der Waals surface area contributed by atoms with Crippen LogP contribution >= 0.6 is 0 Å². The first kappa shape index (κ1) is 17.1. The van der Waals surface area contributed by atoms with Crippen LogP contribution in [0.1, 0.15) is 44.2 Å². The van der Waals surface area contributed by atoms with Crippen LogP contribution in [-0.2, 0) is 4.79 Å². The highest BCUT2D eigenvalue weighted by molar-refractivity contribution is 5.95. The van der Waals surface area contributed by atoms with Crippen LogP contribution in [0.3, 0.4) is 0 Å². The zero-order chi connectivity index (χ0) is 16.8. The molecular weight excluding hydrogens is 286 g/mol. The molecule has 0 aliphatic rings. The van der Waals surface area contributed by atoms with Crippen molar-refractivity contribution in [3.05, 3.63) is 59.7 Å². The molecule has 3 heteroatoms. The lowest BCUT2D eigenvalue weighted by Gasteiger charge is -2.20. The van der Waals surface area contributed by atoms with Crippen LogP contribution in [0.5, 0.6) is 5.75 Å². The molecule has 0 heterocycles. The maximum absolute atomic E-state index is 12.6. The number of rotatable bonds is 6. The minimum atomic E-state index is -0.503. The van der Waals surface area contributed by atoms with Crippen molar-refractivity contribution < 1.29 is 9.53 Å². The molecule has 0 unspecified atom stereocenters. The highest BCUT2D eigenvalue weighted by Crippen LogP contribution is 2.25. The first-order chi connectivity index (χ1) is 11.0. The van der Waals surface area contributed by atoms with E-state index < -0.39 is 6.10 Å². The molecule has 1 atom stereocenters. The lowest BCUT2D eigenvalue weighted by atomic mass is 10.0. The fraction of sp³-hybridized carbons (Fsp3) is 0.350. The summed E-state index contributed by atoms with van der Waals surface area (Å²) in [5.41, 5.74) is 3.02.